The van der Waals surface area contributed by atoms with Gasteiger partial charge in [-0.15, -0.1) is 0 Å². The third-order valence-electron chi connectivity index (χ3n) is 5.89. The summed E-state index contributed by atoms with van der Waals surface area (Å²) in [4.78, 5) is 31.6. The largest absolute Gasteiger partial charge is 0.497 e. The Hall–Kier alpha value is -3.62. The lowest BCUT2D eigenvalue weighted by molar-refractivity contribution is 0.0674. The van der Waals surface area contributed by atoms with Crippen LogP contribution < -0.4 is 10.1 Å². The van der Waals surface area contributed by atoms with E-state index in [0.29, 0.717) is 42.5 Å². The molecule has 1 aliphatic rings. The Morgan fingerprint density at radius 3 is 2.50 bits per heavy atom. The zero-order chi connectivity index (χ0) is 22.7. The number of methoxy groups -OCH3 is 1. The summed E-state index contributed by atoms with van der Waals surface area (Å²) >= 11 is 0. The van der Waals surface area contributed by atoms with Crippen LogP contribution in [-0.4, -0.2) is 56.2 Å². The van der Waals surface area contributed by atoms with Crippen LogP contribution >= 0.6 is 0 Å². The lowest BCUT2D eigenvalue weighted by Gasteiger charge is -2.31. The number of ether oxygens (including phenoxy) is 1. The highest BCUT2D eigenvalue weighted by Crippen LogP contribution is 2.24. The highest BCUT2D eigenvalue weighted by Gasteiger charge is 2.27. The average molecular weight is 437 g/mol. The molecule has 9 nitrogen and oxygen atoms in total. The van der Waals surface area contributed by atoms with Gasteiger partial charge in [0.2, 0.25) is 0 Å². The van der Waals surface area contributed by atoms with E-state index in [1.54, 1.807) is 59.2 Å². The van der Waals surface area contributed by atoms with Gasteiger partial charge in [-0.05, 0) is 49.4 Å². The van der Waals surface area contributed by atoms with E-state index >= 15 is 0 Å². The van der Waals surface area contributed by atoms with Gasteiger partial charge in [0.1, 0.15) is 5.75 Å². The molecule has 0 unspecified atom stereocenters. The number of anilines is 1. The quantitative estimate of drug-likeness (QED) is 0.641. The van der Waals surface area contributed by atoms with Crippen molar-refractivity contribution < 1.29 is 14.3 Å². The molecule has 0 spiro atoms. The Labute approximate surface area is 187 Å². The van der Waals surface area contributed by atoms with E-state index in [4.69, 9.17) is 4.74 Å². The van der Waals surface area contributed by atoms with Crippen LogP contribution in [0.3, 0.4) is 0 Å². The van der Waals surface area contributed by atoms with Crippen molar-refractivity contribution in [2.24, 2.45) is 20.0 Å². The molecule has 32 heavy (non-hydrogen) atoms. The Bertz CT molecular complexity index is 1090. The first-order valence-electron chi connectivity index (χ1n) is 10.7. The molecule has 3 aromatic rings. The average Bonchev–Trinajstić information content (AvgIpc) is 3.39. The van der Waals surface area contributed by atoms with E-state index in [2.05, 4.69) is 15.4 Å². The number of amides is 2. The number of nitrogens with zero attached hydrogens (tertiary/aromatic N) is 5. The second-order valence-electron chi connectivity index (χ2n) is 8.15. The Morgan fingerprint density at radius 2 is 1.88 bits per heavy atom. The van der Waals surface area contributed by atoms with Crippen molar-refractivity contribution in [2.45, 2.75) is 19.3 Å². The zero-order valence-corrected chi connectivity index (χ0v) is 18.6. The molecule has 0 aliphatic carbocycles. The number of rotatable bonds is 6. The number of carbonyl (C=O) groups is 2. The van der Waals surface area contributed by atoms with Crippen molar-refractivity contribution in [2.75, 3.05) is 25.5 Å². The molecule has 4 rings (SSSR count). The third kappa shape index (κ3) is 4.66. The fourth-order valence-corrected chi connectivity index (χ4v) is 4.07. The number of imidazole rings is 1. The number of hydrogen-bond donors (Lipinski definition) is 1. The zero-order valence-electron chi connectivity index (χ0n) is 18.6. The number of benzene rings is 1. The lowest BCUT2D eigenvalue weighted by atomic mass is 9.91. The van der Waals surface area contributed by atoms with Crippen molar-refractivity contribution in [1.82, 2.24) is 24.2 Å². The van der Waals surface area contributed by atoms with Crippen molar-refractivity contribution >= 4 is 17.5 Å². The monoisotopic (exact) mass is 436 g/mol. The topological polar surface area (TPSA) is 94.3 Å². The number of carbonyl (C=O) groups excluding carboxylic acids is 2. The standard InChI is InChI=1S/C23H28N6O3/c1-27-13-10-24-21(27)23(31)29-11-8-16(9-12-29)14-20-19(15-28(2)26-20)22(30)25-17-4-6-18(32-3)7-5-17/h4-7,10,13,15-16H,8-9,11-12,14H2,1-3H3,(H,25,30). The van der Waals surface area contributed by atoms with E-state index in [1.807, 2.05) is 19.0 Å². The molecule has 3 heterocycles. The smallest absolute Gasteiger partial charge is 0.289 e. The van der Waals surface area contributed by atoms with Gasteiger partial charge in [0.15, 0.2) is 5.82 Å². The first-order chi connectivity index (χ1) is 15.4. The number of likely N-dealkylation sites (tertiary alicyclic amines) is 1. The molecular formula is C23H28N6O3. The van der Waals surface area contributed by atoms with Crippen LogP contribution in [0.15, 0.2) is 42.9 Å². The van der Waals surface area contributed by atoms with E-state index < -0.39 is 0 Å². The third-order valence-corrected chi connectivity index (χ3v) is 5.89. The van der Waals surface area contributed by atoms with Gasteiger partial charge in [-0.3, -0.25) is 14.3 Å². The second-order valence-corrected chi connectivity index (χ2v) is 8.15. The molecular weight excluding hydrogens is 408 g/mol. The van der Waals surface area contributed by atoms with E-state index in [-0.39, 0.29) is 11.8 Å². The molecule has 168 valence electrons. The number of aryl methyl sites for hydroxylation is 2. The normalized spacial score (nSPS) is 14.4. The molecule has 0 saturated carbocycles. The van der Waals surface area contributed by atoms with Gasteiger partial charge in [0, 0.05) is 51.5 Å². The predicted octanol–water partition coefficient (Wildman–Crippen LogP) is 2.51. The van der Waals surface area contributed by atoms with E-state index in [9.17, 15) is 9.59 Å². The van der Waals surface area contributed by atoms with Crippen LogP contribution in [0, 0.1) is 5.92 Å². The van der Waals surface area contributed by atoms with Crippen molar-refractivity contribution in [3.8, 4) is 5.75 Å². The Balaban J connectivity index is 1.37. The SMILES string of the molecule is COc1ccc(NC(=O)c2cn(C)nc2CC2CCN(C(=O)c3nccn3C)CC2)cc1. The highest BCUT2D eigenvalue weighted by molar-refractivity contribution is 6.05. The van der Waals surface area contributed by atoms with Crippen LogP contribution in [0.2, 0.25) is 0 Å². The van der Waals surface area contributed by atoms with Crippen LogP contribution in [0.25, 0.3) is 0 Å². The van der Waals surface area contributed by atoms with Crippen LogP contribution in [0.4, 0.5) is 5.69 Å². The second kappa shape index (κ2) is 9.25. The van der Waals surface area contributed by atoms with Gasteiger partial charge in [-0.25, -0.2) is 4.98 Å². The first kappa shape index (κ1) is 21.6. The minimum absolute atomic E-state index is 0.0339. The molecule has 1 fully saturated rings. The summed E-state index contributed by atoms with van der Waals surface area (Å²) in [5, 5.41) is 7.48. The maximum Gasteiger partial charge on any atom is 0.289 e. The number of hydrogen-bond acceptors (Lipinski definition) is 5. The van der Waals surface area contributed by atoms with Crippen molar-refractivity contribution in [1.29, 1.82) is 0 Å². The van der Waals surface area contributed by atoms with Gasteiger partial charge in [-0.1, -0.05) is 0 Å². The van der Waals surface area contributed by atoms with E-state index in [0.717, 1.165) is 24.3 Å². The molecule has 0 bridgehead atoms. The molecule has 1 N–H and O–H groups in total. The summed E-state index contributed by atoms with van der Waals surface area (Å²) in [6, 6.07) is 7.22. The number of aromatic nitrogens is 4. The summed E-state index contributed by atoms with van der Waals surface area (Å²) < 4.78 is 8.58. The number of nitrogens with one attached hydrogen (secondary N) is 1. The maximum absolute atomic E-state index is 12.9. The molecule has 0 radical (unpaired) electrons. The van der Waals surface area contributed by atoms with Gasteiger partial charge in [0.05, 0.1) is 18.4 Å². The minimum Gasteiger partial charge on any atom is -0.497 e. The molecule has 9 heteroatoms. The van der Waals surface area contributed by atoms with Crippen LogP contribution in [0.1, 0.15) is 39.5 Å². The first-order valence-corrected chi connectivity index (χ1v) is 10.7. The summed E-state index contributed by atoms with van der Waals surface area (Å²) in [5.74, 6) is 1.35. The molecule has 1 saturated heterocycles. The minimum atomic E-state index is -0.180. The van der Waals surface area contributed by atoms with E-state index in [1.165, 1.54) is 0 Å². The molecule has 0 atom stereocenters. The summed E-state index contributed by atoms with van der Waals surface area (Å²) in [7, 11) is 5.25. The molecule has 2 amide bonds. The number of piperidine rings is 1. The Kier molecular flexibility index (Phi) is 6.25. The fourth-order valence-electron chi connectivity index (χ4n) is 4.07. The summed E-state index contributed by atoms with van der Waals surface area (Å²) in [6.07, 6.45) is 7.61. The van der Waals surface area contributed by atoms with Crippen molar-refractivity contribution in [3.63, 3.8) is 0 Å². The van der Waals surface area contributed by atoms with Crippen LogP contribution in [0.5, 0.6) is 5.75 Å². The van der Waals surface area contributed by atoms with Gasteiger partial charge >= 0.3 is 0 Å². The predicted molar refractivity (Wildman–Crippen MR) is 120 cm³/mol. The van der Waals surface area contributed by atoms with Gasteiger partial charge in [-0.2, -0.15) is 5.10 Å². The Morgan fingerprint density at radius 1 is 1.16 bits per heavy atom. The molecule has 2 aromatic heterocycles. The summed E-state index contributed by atoms with van der Waals surface area (Å²) in [6.45, 7) is 1.35. The lowest BCUT2D eigenvalue weighted by Crippen LogP contribution is -2.40. The van der Waals surface area contributed by atoms with Gasteiger partial charge < -0.3 is 19.5 Å². The molecule has 1 aromatic carbocycles. The maximum atomic E-state index is 12.9. The van der Waals surface area contributed by atoms with Crippen LogP contribution in [-0.2, 0) is 20.5 Å². The highest BCUT2D eigenvalue weighted by atomic mass is 16.5. The fraction of sp³-hybridized carbons (Fsp3) is 0.391. The summed E-state index contributed by atoms with van der Waals surface area (Å²) in [5.41, 5.74) is 2.06. The molecule has 1 aliphatic heterocycles. The van der Waals surface area contributed by atoms with Crippen molar-refractivity contribution in [3.05, 3.63) is 59.9 Å². The van der Waals surface area contributed by atoms with Gasteiger partial charge in [0.25, 0.3) is 11.8 Å².